The highest BCUT2D eigenvalue weighted by Gasteiger charge is 2.45. The normalized spacial score (nSPS) is 15.8. The minimum absolute atomic E-state index is 0.0201. The molecule has 0 atom stereocenters. The van der Waals surface area contributed by atoms with Crippen molar-refractivity contribution >= 4 is 89.1 Å². The Balaban J connectivity index is 1.31. The van der Waals surface area contributed by atoms with Crippen molar-refractivity contribution in [3.05, 3.63) is 144 Å². The maximum Gasteiger partial charge on any atom is 0.328 e. The minimum atomic E-state index is -0.160. The fourth-order valence-corrected chi connectivity index (χ4v) is 11.6. The van der Waals surface area contributed by atoms with Gasteiger partial charge in [0.05, 0.1) is 11.0 Å². The van der Waals surface area contributed by atoms with E-state index in [2.05, 4.69) is 207 Å². The van der Waals surface area contributed by atoms with Crippen LogP contribution in [0.4, 0.5) is 5.69 Å². The van der Waals surface area contributed by atoms with Gasteiger partial charge < -0.3 is 18.2 Å². The minimum Gasteiger partial charge on any atom is -0.456 e. The predicted molar refractivity (Wildman–Crippen MR) is 273 cm³/mol. The van der Waals surface area contributed by atoms with Gasteiger partial charge >= 0.3 is 6.85 Å². The van der Waals surface area contributed by atoms with E-state index >= 15 is 0 Å². The average Bonchev–Trinajstić information content (AvgIpc) is 3.94. The van der Waals surface area contributed by atoms with Crippen molar-refractivity contribution in [1.29, 1.82) is 0 Å². The Morgan fingerprint density at radius 3 is 1.88 bits per heavy atom. The number of furan rings is 2. The smallest absolute Gasteiger partial charge is 0.328 e. The van der Waals surface area contributed by atoms with Crippen LogP contribution >= 0.6 is 0 Å². The number of aromatic nitrogens is 1. The molecule has 5 heteroatoms. The molecule has 0 spiro atoms. The Labute approximate surface area is 376 Å². The van der Waals surface area contributed by atoms with E-state index in [1.165, 1.54) is 71.7 Å². The van der Waals surface area contributed by atoms with E-state index in [1.807, 2.05) is 0 Å². The van der Waals surface area contributed by atoms with Crippen molar-refractivity contribution in [2.45, 2.75) is 104 Å². The molecule has 0 N–H and O–H groups in total. The number of nitrogens with zero attached hydrogens (tertiary/aromatic N) is 2. The van der Waals surface area contributed by atoms with Gasteiger partial charge in [-0.2, -0.15) is 0 Å². The zero-order chi connectivity index (χ0) is 44.4. The highest BCUT2D eigenvalue weighted by atomic mass is 16.3. The van der Waals surface area contributed by atoms with Crippen molar-refractivity contribution < 1.29 is 8.83 Å². The first-order valence-corrected chi connectivity index (χ1v) is 23.3. The van der Waals surface area contributed by atoms with E-state index in [1.54, 1.807) is 0 Å². The van der Waals surface area contributed by atoms with E-state index in [9.17, 15) is 0 Å². The molecule has 0 amide bonds. The Kier molecular flexibility index (Phi) is 7.98. The molecule has 7 aromatic carbocycles. The Morgan fingerprint density at radius 2 is 1.19 bits per heavy atom. The molecule has 3 aromatic heterocycles. The number of rotatable bonds is 3. The summed E-state index contributed by atoms with van der Waals surface area (Å²) in [6.07, 6.45) is 2.30. The molecule has 0 saturated carbocycles. The van der Waals surface area contributed by atoms with Gasteiger partial charge in [-0.25, -0.2) is 0 Å². The Bertz CT molecular complexity index is 3600. The molecule has 4 nitrogen and oxygen atoms in total. The Morgan fingerprint density at radius 1 is 0.578 bits per heavy atom. The van der Waals surface area contributed by atoms with Crippen LogP contribution in [0.15, 0.2) is 130 Å². The van der Waals surface area contributed by atoms with Gasteiger partial charge in [-0.3, -0.25) is 0 Å². The first kappa shape index (κ1) is 39.4. The molecule has 0 bridgehead atoms. The fraction of sp³-hybridized carbons (Fsp3) is 0.288. The molecule has 1 aliphatic carbocycles. The molecule has 0 saturated heterocycles. The zero-order valence-corrected chi connectivity index (χ0v) is 39.2. The Hall–Kier alpha value is -6.20. The van der Waals surface area contributed by atoms with Crippen LogP contribution in [0.25, 0.3) is 82.5 Å². The molecule has 0 unspecified atom stereocenters. The zero-order valence-electron chi connectivity index (χ0n) is 39.2. The lowest BCUT2D eigenvalue weighted by Crippen LogP contribution is -2.59. The lowest BCUT2D eigenvalue weighted by atomic mass is 9.44. The van der Waals surface area contributed by atoms with Gasteiger partial charge in [0, 0.05) is 49.3 Å². The first-order chi connectivity index (χ1) is 30.4. The quantitative estimate of drug-likeness (QED) is 0.166. The number of para-hydroxylation sites is 2. The van der Waals surface area contributed by atoms with Crippen molar-refractivity contribution in [3.63, 3.8) is 0 Å². The standard InChI is InChI=1S/C59H57BN2O2/c1-56(2,3)35-21-24-37(25-22-35)61(11)60-44-32-42-43(59(9,10)29-28-58(42,7)8)33-46(44)62-45-26-23-36(57(4,5)6)31-41(45)51-52-39-17-13-15-19-48(39)64-55(52)50(53(60)54(51)62)34-20-27-49-40(30-34)38-16-12-14-18-47(38)63-49/h12-27,30-33H,28-29H2,1-11H3. The van der Waals surface area contributed by atoms with E-state index in [0.29, 0.717) is 0 Å². The fourth-order valence-electron chi connectivity index (χ4n) is 11.6. The van der Waals surface area contributed by atoms with Gasteiger partial charge in [-0.15, -0.1) is 0 Å². The molecule has 12 rings (SSSR count). The first-order valence-electron chi connectivity index (χ1n) is 23.3. The van der Waals surface area contributed by atoms with Crippen LogP contribution in [0.2, 0.25) is 0 Å². The van der Waals surface area contributed by atoms with Crippen LogP contribution in [0.5, 0.6) is 0 Å². The van der Waals surface area contributed by atoms with E-state index in [0.717, 1.165) is 62.5 Å². The molecule has 2 aliphatic rings. The van der Waals surface area contributed by atoms with E-state index in [4.69, 9.17) is 8.83 Å². The second-order valence-corrected chi connectivity index (χ2v) is 22.5. The summed E-state index contributed by atoms with van der Waals surface area (Å²) in [4.78, 5) is 2.55. The molecule has 0 radical (unpaired) electrons. The number of hydrogen-bond donors (Lipinski definition) is 0. The second kappa shape index (κ2) is 13.0. The third-order valence-corrected chi connectivity index (χ3v) is 15.4. The number of fused-ring (bicyclic) bond motifs is 13. The molecule has 318 valence electrons. The summed E-state index contributed by atoms with van der Waals surface area (Å²) in [6, 6.07) is 45.7. The topological polar surface area (TPSA) is 34.5 Å². The third-order valence-electron chi connectivity index (χ3n) is 15.4. The predicted octanol–water partition coefficient (Wildman–Crippen LogP) is 14.7. The highest BCUT2D eigenvalue weighted by Crippen LogP contribution is 2.50. The lowest BCUT2D eigenvalue weighted by molar-refractivity contribution is 0.332. The maximum absolute atomic E-state index is 7.32. The van der Waals surface area contributed by atoms with Crippen molar-refractivity contribution in [2.75, 3.05) is 11.9 Å². The van der Waals surface area contributed by atoms with Gasteiger partial charge in [0.1, 0.15) is 22.3 Å². The summed E-state index contributed by atoms with van der Waals surface area (Å²) in [7, 11) is 2.32. The third kappa shape index (κ3) is 5.49. The number of anilines is 1. The molecule has 4 heterocycles. The number of benzene rings is 7. The van der Waals surface area contributed by atoms with Gasteiger partial charge in [0.15, 0.2) is 0 Å². The highest BCUT2D eigenvalue weighted by molar-refractivity contribution is 6.92. The van der Waals surface area contributed by atoms with Gasteiger partial charge in [0.2, 0.25) is 0 Å². The molecule has 1 aliphatic heterocycles. The largest absolute Gasteiger partial charge is 0.456 e. The summed E-state index contributed by atoms with van der Waals surface area (Å²) in [6.45, 7) is 23.5. The maximum atomic E-state index is 7.32. The van der Waals surface area contributed by atoms with Crippen LogP contribution in [-0.2, 0) is 21.7 Å². The average molecular weight is 837 g/mol. The van der Waals surface area contributed by atoms with Crippen LogP contribution in [0.1, 0.15) is 104 Å². The summed E-state index contributed by atoms with van der Waals surface area (Å²) < 4.78 is 16.4. The summed E-state index contributed by atoms with van der Waals surface area (Å²) >= 11 is 0. The number of hydrogen-bond acceptors (Lipinski definition) is 3. The van der Waals surface area contributed by atoms with E-state index in [-0.39, 0.29) is 28.5 Å². The van der Waals surface area contributed by atoms with Gasteiger partial charge in [-0.1, -0.05) is 136 Å². The van der Waals surface area contributed by atoms with Crippen LogP contribution in [0, 0.1) is 0 Å². The van der Waals surface area contributed by atoms with Crippen LogP contribution in [-0.4, -0.2) is 18.5 Å². The monoisotopic (exact) mass is 836 g/mol. The van der Waals surface area contributed by atoms with Crippen LogP contribution in [0.3, 0.4) is 0 Å². The lowest BCUT2D eigenvalue weighted by Gasteiger charge is -2.44. The van der Waals surface area contributed by atoms with Gasteiger partial charge in [-0.05, 0) is 135 Å². The molecule has 10 aromatic rings. The molecular weight excluding hydrogens is 779 g/mol. The summed E-state index contributed by atoms with van der Waals surface area (Å²) in [5.41, 5.74) is 19.1. The van der Waals surface area contributed by atoms with E-state index < -0.39 is 0 Å². The van der Waals surface area contributed by atoms with Crippen molar-refractivity contribution in [3.8, 4) is 16.8 Å². The van der Waals surface area contributed by atoms with Crippen molar-refractivity contribution in [2.24, 2.45) is 0 Å². The van der Waals surface area contributed by atoms with Crippen molar-refractivity contribution in [1.82, 2.24) is 4.57 Å². The molecular formula is C59H57BN2O2. The van der Waals surface area contributed by atoms with Crippen LogP contribution < -0.4 is 15.7 Å². The van der Waals surface area contributed by atoms with Gasteiger partial charge in [0.25, 0.3) is 0 Å². The second-order valence-electron chi connectivity index (χ2n) is 22.5. The SMILES string of the molecule is CN(B1c2cc3c(cc2-n2c4ccc(C(C)(C)C)cc4c4c5c(oc6ccccc65)c(-c5ccc6oc7ccccc7c6c5)c1c42)C(C)(C)CCC3(C)C)c1ccc(C(C)(C)C)cc1. The summed E-state index contributed by atoms with van der Waals surface area (Å²) in [5.74, 6) is 0. The summed E-state index contributed by atoms with van der Waals surface area (Å²) in [5, 5.41) is 7.07. The molecule has 64 heavy (non-hydrogen) atoms. The molecule has 0 fully saturated rings.